The molecule has 0 unspecified atom stereocenters. The fourth-order valence-corrected chi connectivity index (χ4v) is 3.85. The molecule has 2 aromatic heterocycles. The summed E-state index contributed by atoms with van der Waals surface area (Å²) in [5.74, 6) is -1.81. The molecule has 0 atom stereocenters. The topological polar surface area (TPSA) is 132 Å². The van der Waals surface area contributed by atoms with Crippen molar-refractivity contribution in [3.8, 4) is 22.8 Å². The lowest BCUT2D eigenvalue weighted by atomic mass is 9.97. The van der Waals surface area contributed by atoms with Gasteiger partial charge in [-0.2, -0.15) is 0 Å². The molecule has 0 aliphatic rings. The average molecular weight is 426 g/mol. The number of aromatic nitrogens is 4. The summed E-state index contributed by atoms with van der Waals surface area (Å²) in [5.41, 5.74) is 5.09. The van der Waals surface area contributed by atoms with Crippen molar-refractivity contribution in [1.29, 1.82) is 0 Å². The van der Waals surface area contributed by atoms with E-state index in [2.05, 4.69) is 19.9 Å². The van der Waals surface area contributed by atoms with E-state index in [4.69, 9.17) is 0 Å². The number of aromatic amines is 2. The van der Waals surface area contributed by atoms with Gasteiger partial charge in [0.1, 0.15) is 11.6 Å². The van der Waals surface area contributed by atoms with Crippen LogP contribution in [0.15, 0.2) is 48.5 Å². The van der Waals surface area contributed by atoms with Gasteiger partial charge in [0.25, 0.3) is 0 Å². The van der Waals surface area contributed by atoms with E-state index < -0.39 is 11.9 Å². The van der Waals surface area contributed by atoms with E-state index in [-0.39, 0.29) is 33.9 Å². The highest BCUT2D eigenvalue weighted by atomic mass is 16.4. The van der Waals surface area contributed by atoms with Crippen molar-refractivity contribution in [3.05, 3.63) is 70.8 Å². The number of carboxylic acid groups (broad SMARTS) is 2. The second-order valence-corrected chi connectivity index (χ2v) is 7.77. The molecule has 3 aromatic carbocycles. The van der Waals surface area contributed by atoms with Gasteiger partial charge in [-0.1, -0.05) is 12.1 Å². The van der Waals surface area contributed by atoms with Crippen LogP contribution in [0.25, 0.3) is 44.8 Å². The predicted molar refractivity (Wildman–Crippen MR) is 120 cm³/mol. The highest BCUT2D eigenvalue weighted by Gasteiger charge is 2.24. The Morgan fingerprint density at radius 1 is 0.688 bits per heavy atom. The second-order valence-electron chi connectivity index (χ2n) is 7.77. The fourth-order valence-electron chi connectivity index (χ4n) is 3.85. The molecule has 0 spiro atoms. The smallest absolute Gasteiger partial charge is 0.336 e. The first kappa shape index (κ1) is 19.5. The van der Waals surface area contributed by atoms with Crippen molar-refractivity contribution in [2.45, 2.75) is 13.8 Å². The van der Waals surface area contributed by atoms with Crippen LogP contribution in [0, 0.1) is 13.8 Å². The number of hydrogen-bond acceptors (Lipinski definition) is 4. The highest BCUT2D eigenvalue weighted by molar-refractivity contribution is 6.04. The molecular weight excluding hydrogens is 408 g/mol. The molecule has 5 rings (SSSR count). The maximum atomic E-state index is 12.1. The largest absolute Gasteiger partial charge is 0.478 e. The van der Waals surface area contributed by atoms with Gasteiger partial charge in [-0.05, 0) is 61.4 Å². The van der Waals surface area contributed by atoms with Crippen LogP contribution in [0.5, 0.6) is 0 Å². The molecule has 2 heterocycles. The molecule has 5 aromatic rings. The lowest BCUT2D eigenvalue weighted by Crippen LogP contribution is -2.07. The van der Waals surface area contributed by atoms with Gasteiger partial charge in [0, 0.05) is 11.1 Å². The quantitative estimate of drug-likeness (QED) is 0.327. The van der Waals surface area contributed by atoms with Gasteiger partial charge < -0.3 is 20.2 Å². The third-order valence-corrected chi connectivity index (χ3v) is 5.40. The summed E-state index contributed by atoms with van der Waals surface area (Å²) >= 11 is 0. The van der Waals surface area contributed by atoms with Crippen molar-refractivity contribution in [2.75, 3.05) is 0 Å². The van der Waals surface area contributed by atoms with Gasteiger partial charge in [0.15, 0.2) is 0 Å². The zero-order valence-corrected chi connectivity index (χ0v) is 17.2. The van der Waals surface area contributed by atoms with Crippen molar-refractivity contribution >= 4 is 34.0 Å². The Kier molecular flexibility index (Phi) is 4.30. The predicted octanol–water partition coefficient (Wildman–Crippen LogP) is 4.79. The van der Waals surface area contributed by atoms with Crippen molar-refractivity contribution < 1.29 is 19.8 Å². The van der Waals surface area contributed by atoms with Crippen LogP contribution >= 0.6 is 0 Å². The molecule has 0 amide bonds. The van der Waals surface area contributed by atoms with Gasteiger partial charge in [-0.3, -0.25) is 0 Å². The van der Waals surface area contributed by atoms with Crippen molar-refractivity contribution in [2.24, 2.45) is 0 Å². The Balaban J connectivity index is 1.75. The summed E-state index contributed by atoms with van der Waals surface area (Å²) in [6, 6.07) is 13.9. The van der Waals surface area contributed by atoms with Gasteiger partial charge in [-0.25, -0.2) is 19.6 Å². The second kappa shape index (κ2) is 7.05. The van der Waals surface area contributed by atoms with E-state index in [1.54, 1.807) is 0 Å². The van der Waals surface area contributed by atoms with E-state index in [0.29, 0.717) is 11.0 Å². The Hall–Kier alpha value is -4.46. The first-order valence-electron chi connectivity index (χ1n) is 9.88. The number of aryl methyl sites for hydroxylation is 2. The number of nitrogens with one attached hydrogen (secondary N) is 2. The van der Waals surface area contributed by atoms with Crippen LogP contribution in [0.4, 0.5) is 0 Å². The van der Waals surface area contributed by atoms with E-state index in [1.165, 1.54) is 12.1 Å². The summed E-state index contributed by atoms with van der Waals surface area (Å²) in [4.78, 5) is 39.4. The molecule has 0 aliphatic carbocycles. The summed E-state index contributed by atoms with van der Waals surface area (Å²) in [7, 11) is 0. The summed E-state index contributed by atoms with van der Waals surface area (Å²) < 4.78 is 0. The van der Waals surface area contributed by atoms with E-state index in [0.717, 1.165) is 22.2 Å². The molecule has 0 radical (unpaired) electrons. The zero-order valence-electron chi connectivity index (χ0n) is 17.2. The molecule has 0 saturated heterocycles. The minimum Gasteiger partial charge on any atom is -0.478 e. The first-order chi connectivity index (χ1) is 15.3. The number of hydrogen-bond donors (Lipinski definition) is 4. The molecular formula is C24H18N4O4. The fraction of sp³-hybridized carbons (Fsp3) is 0.0833. The van der Waals surface area contributed by atoms with Crippen LogP contribution in [-0.2, 0) is 0 Å². The summed E-state index contributed by atoms with van der Waals surface area (Å²) in [5, 5.41) is 19.8. The normalized spacial score (nSPS) is 11.3. The Labute approximate surface area is 181 Å². The van der Waals surface area contributed by atoms with E-state index >= 15 is 0 Å². The Morgan fingerprint density at radius 2 is 1.09 bits per heavy atom. The monoisotopic (exact) mass is 426 g/mol. The number of aromatic carboxylic acids is 2. The first-order valence-corrected chi connectivity index (χ1v) is 9.88. The number of imidazole rings is 2. The van der Waals surface area contributed by atoms with Gasteiger partial charge in [-0.15, -0.1) is 0 Å². The number of fused-ring (bicyclic) bond motifs is 2. The Bertz CT molecular complexity index is 1440. The molecule has 0 bridgehead atoms. The van der Waals surface area contributed by atoms with E-state index in [9.17, 15) is 19.8 Å². The number of nitrogens with zero attached hydrogens (tertiary/aromatic N) is 2. The number of benzene rings is 3. The van der Waals surface area contributed by atoms with Crippen molar-refractivity contribution in [1.82, 2.24) is 19.9 Å². The van der Waals surface area contributed by atoms with Gasteiger partial charge in [0.2, 0.25) is 0 Å². The molecule has 8 nitrogen and oxygen atoms in total. The SMILES string of the molecule is Cc1ccc2nc(-c3cc(C(=O)O)c(-c4nc5ccc(C)cc5[nH]4)cc3C(=O)O)[nH]c2c1. The lowest BCUT2D eigenvalue weighted by Gasteiger charge is -2.10. The molecule has 0 fully saturated rings. The van der Waals surface area contributed by atoms with Crippen LogP contribution in [0.1, 0.15) is 31.8 Å². The third kappa shape index (κ3) is 3.18. The highest BCUT2D eigenvalue weighted by Crippen LogP contribution is 2.32. The average Bonchev–Trinajstić information content (AvgIpc) is 3.35. The molecule has 0 saturated carbocycles. The van der Waals surface area contributed by atoms with Crippen molar-refractivity contribution in [3.63, 3.8) is 0 Å². The number of carbonyl (C=O) groups is 2. The summed E-state index contributed by atoms with van der Waals surface area (Å²) in [6.45, 7) is 3.88. The van der Waals surface area contributed by atoms with Crippen LogP contribution in [-0.4, -0.2) is 42.1 Å². The number of carboxylic acids is 2. The molecule has 158 valence electrons. The number of H-pyrrole nitrogens is 2. The molecule has 32 heavy (non-hydrogen) atoms. The maximum absolute atomic E-state index is 12.1. The van der Waals surface area contributed by atoms with E-state index in [1.807, 2.05) is 50.2 Å². The summed E-state index contributed by atoms with van der Waals surface area (Å²) in [6.07, 6.45) is 0. The molecule has 4 N–H and O–H groups in total. The Morgan fingerprint density at radius 3 is 1.47 bits per heavy atom. The van der Waals surface area contributed by atoms with Crippen LogP contribution in [0.2, 0.25) is 0 Å². The molecule has 0 aliphatic heterocycles. The molecule has 8 heteroatoms. The lowest BCUT2D eigenvalue weighted by molar-refractivity contribution is 0.0682. The maximum Gasteiger partial charge on any atom is 0.336 e. The van der Waals surface area contributed by atoms with Crippen LogP contribution in [0.3, 0.4) is 0 Å². The van der Waals surface area contributed by atoms with Gasteiger partial charge in [0.05, 0.1) is 33.2 Å². The minimum absolute atomic E-state index is 0.0718. The minimum atomic E-state index is -1.19. The van der Waals surface area contributed by atoms with Crippen LogP contribution < -0.4 is 0 Å². The number of rotatable bonds is 4. The van der Waals surface area contributed by atoms with Gasteiger partial charge >= 0.3 is 11.9 Å². The third-order valence-electron chi connectivity index (χ3n) is 5.40. The standard InChI is InChI=1S/C24H18N4O4/c1-11-3-5-17-19(7-11)27-21(25-17)13-9-16(24(31)32)14(10-15(13)23(29)30)22-26-18-6-4-12(2)8-20(18)28-22/h3-10H,1-2H3,(H,25,27)(H,26,28)(H,29,30)(H,31,32). The zero-order chi connectivity index (χ0) is 22.6.